The van der Waals surface area contributed by atoms with Crippen molar-refractivity contribution in [2.75, 3.05) is 6.61 Å². The van der Waals surface area contributed by atoms with Crippen LogP contribution in [-0.4, -0.2) is 24.3 Å². The van der Waals surface area contributed by atoms with Gasteiger partial charge in [-0.1, -0.05) is 6.92 Å². The van der Waals surface area contributed by atoms with E-state index in [-0.39, 0.29) is 25.2 Å². The fourth-order valence-corrected chi connectivity index (χ4v) is 1.87. The Bertz CT molecular complexity index is 276. The molecule has 0 aromatic heterocycles. The first-order chi connectivity index (χ1) is 6.91. The molecule has 0 aromatic carbocycles. The number of hydrogen-bond acceptors (Lipinski definition) is 3. The number of carbonyl (C=O) groups excluding carboxylic acids is 2. The lowest BCUT2D eigenvalue weighted by Crippen LogP contribution is -2.40. The molecule has 1 rings (SSSR count). The lowest BCUT2D eigenvalue weighted by molar-refractivity contribution is -0.182. The van der Waals surface area contributed by atoms with Gasteiger partial charge in [0, 0.05) is 18.3 Å². The monoisotopic (exact) mass is 220 g/mol. The van der Waals surface area contributed by atoms with Crippen molar-refractivity contribution in [2.24, 2.45) is 11.8 Å². The molecular weight excluding hydrogens is 206 g/mol. The molecule has 3 nitrogen and oxygen atoms in total. The highest BCUT2D eigenvalue weighted by Gasteiger charge is 2.54. The van der Waals surface area contributed by atoms with Gasteiger partial charge < -0.3 is 4.74 Å². The number of hydrogen-bond donors (Lipinski definition) is 0. The van der Waals surface area contributed by atoms with Crippen molar-refractivity contribution < 1.29 is 23.1 Å². The van der Waals surface area contributed by atoms with E-state index >= 15 is 0 Å². The number of Topliss-reactive ketones (excluding diaryl/α,β-unsaturated/α-hetero) is 1. The van der Waals surface area contributed by atoms with Gasteiger partial charge in [0.15, 0.2) is 0 Å². The third-order valence-corrected chi connectivity index (χ3v) is 2.83. The van der Waals surface area contributed by atoms with Crippen LogP contribution in [0.5, 0.6) is 0 Å². The summed E-state index contributed by atoms with van der Waals surface area (Å²) in [6.45, 7) is 2.83. The summed E-state index contributed by atoms with van der Waals surface area (Å²) in [5, 5.41) is 0. The van der Waals surface area contributed by atoms with E-state index in [4.69, 9.17) is 0 Å². The van der Waals surface area contributed by atoms with E-state index in [9.17, 15) is 18.4 Å². The van der Waals surface area contributed by atoms with Crippen molar-refractivity contribution in [3.63, 3.8) is 0 Å². The van der Waals surface area contributed by atoms with Crippen molar-refractivity contribution in [1.82, 2.24) is 0 Å². The third kappa shape index (κ3) is 2.16. The number of halogens is 2. The average molecular weight is 220 g/mol. The first-order valence-electron chi connectivity index (χ1n) is 4.99. The Kier molecular flexibility index (Phi) is 3.42. The summed E-state index contributed by atoms with van der Waals surface area (Å²) in [4.78, 5) is 22.1. The van der Waals surface area contributed by atoms with Crippen molar-refractivity contribution in [1.29, 1.82) is 0 Å². The quantitative estimate of drug-likeness (QED) is 0.681. The molecule has 15 heavy (non-hydrogen) atoms. The predicted octanol–water partition coefficient (Wildman–Crippen LogP) is 1.80. The Morgan fingerprint density at radius 2 is 2.20 bits per heavy atom. The molecule has 0 bridgehead atoms. The maximum absolute atomic E-state index is 13.5. The summed E-state index contributed by atoms with van der Waals surface area (Å²) in [7, 11) is 0. The van der Waals surface area contributed by atoms with E-state index in [0.717, 1.165) is 0 Å². The predicted molar refractivity (Wildman–Crippen MR) is 48.5 cm³/mol. The van der Waals surface area contributed by atoms with Gasteiger partial charge in [-0.3, -0.25) is 4.79 Å². The molecule has 5 heteroatoms. The van der Waals surface area contributed by atoms with Crippen LogP contribution < -0.4 is 0 Å². The van der Waals surface area contributed by atoms with Crippen molar-refractivity contribution >= 4 is 11.8 Å². The SMILES string of the molecule is CCOC(=O)C(F)(F)[C@@H]1CCC(=O)[C@@H]1C. The Labute approximate surface area is 86.8 Å². The summed E-state index contributed by atoms with van der Waals surface area (Å²) in [6, 6.07) is 0. The van der Waals surface area contributed by atoms with Gasteiger partial charge in [-0.05, 0) is 13.3 Å². The highest BCUT2D eigenvalue weighted by molar-refractivity contribution is 5.86. The number of carbonyl (C=O) groups is 2. The highest BCUT2D eigenvalue weighted by atomic mass is 19.3. The van der Waals surface area contributed by atoms with E-state index < -0.39 is 23.7 Å². The molecule has 1 aliphatic carbocycles. The summed E-state index contributed by atoms with van der Waals surface area (Å²) in [5.74, 6) is -7.23. The molecule has 0 aromatic rings. The zero-order chi connectivity index (χ0) is 11.6. The largest absolute Gasteiger partial charge is 0.462 e. The lowest BCUT2D eigenvalue weighted by atomic mass is 9.91. The summed E-state index contributed by atoms with van der Waals surface area (Å²) < 4.78 is 31.3. The second kappa shape index (κ2) is 4.24. The minimum atomic E-state index is -3.54. The van der Waals surface area contributed by atoms with Gasteiger partial charge in [-0.2, -0.15) is 8.78 Å². The topological polar surface area (TPSA) is 43.4 Å². The molecule has 86 valence electrons. The van der Waals surface area contributed by atoms with Crippen LogP contribution >= 0.6 is 0 Å². The molecule has 0 amide bonds. The smallest absolute Gasteiger partial charge is 0.377 e. The second-order valence-electron chi connectivity index (χ2n) is 3.74. The lowest BCUT2D eigenvalue weighted by Gasteiger charge is -2.23. The zero-order valence-electron chi connectivity index (χ0n) is 8.76. The molecule has 1 fully saturated rings. The van der Waals surface area contributed by atoms with Gasteiger partial charge in [0.25, 0.3) is 0 Å². The molecule has 0 heterocycles. The number of esters is 1. The second-order valence-corrected chi connectivity index (χ2v) is 3.74. The highest BCUT2D eigenvalue weighted by Crippen LogP contribution is 2.40. The molecule has 1 aliphatic rings. The number of ether oxygens (including phenoxy) is 1. The molecule has 0 N–H and O–H groups in total. The zero-order valence-corrected chi connectivity index (χ0v) is 8.76. The normalized spacial score (nSPS) is 26.8. The molecule has 1 saturated carbocycles. The number of rotatable bonds is 3. The summed E-state index contributed by atoms with van der Waals surface area (Å²) in [5.41, 5.74) is 0. The number of ketones is 1. The van der Waals surface area contributed by atoms with Crippen LogP contribution in [0.3, 0.4) is 0 Å². The van der Waals surface area contributed by atoms with Gasteiger partial charge in [0.2, 0.25) is 0 Å². The van der Waals surface area contributed by atoms with E-state index in [2.05, 4.69) is 4.74 Å². The van der Waals surface area contributed by atoms with Crippen LogP contribution in [0, 0.1) is 11.8 Å². The minimum absolute atomic E-state index is 0.0613. The molecule has 0 spiro atoms. The first kappa shape index (κ1) is 12.1. The van der Waals surface area contributed by atoms with Crippen LogP contribution in [0.2, 0.25) is 0 Å². The molecule has 0 unspecified atom stereocenters. The van der Waals surface area contributed by atoms with Crippen LogP contribution in [0.25, 0.3) is 0 Å². The Balaban J connectivity index is 2.77. The van der Waals surface area contributed by atoms with Gasteiger partial charge in [0.05, 0.1) is 6.61 Å². The average Bonchev–Trinajstić information content (AvgIpc) is 2.48. The van der Waals surface area contributed by atoms with E-state index in [1.165, 1.54) is 13.8 Å². The summed E-state index contributed by atoms with van der Waals surface area (Å²) >= 11 is 0. The summed E-state index contributed by atoms with van der Waals surface area (Å²) in [6.07, 6.45) is 0.187. The molecule has 0 saturated heterocycles. The first-order valence-corrected chi connectivity index (χ1v) is 4.99. The van der Waals surface area contributed by atoms with Crippen LogP contribution in [-0.2, 0) is 14.3 Å². The van der Waals surface area contributed by atoms with Crippen LogP contribution in [0.15, 0.2) is 0 Å². The van der Waals surface area contributed by atoms with Gasteiger partial charge in [0.1, 0.15) is 5.78 Å². The molecule has 0 radical (unpaired) electrons. The fraction of sp³-hybridized carbons (Fsp3) is 0.800. The van der Waals surface area contributed by atoms with Gasteiger partial charge in [-0.25, -0.2) is 4.79 Å². The van der Waals surface area contributed by atoms with E-state index in [1.54, 1.807) is 0 Å². The molecular formula is C10H14F2O3. The van der Waals surface area contributed by atoms with Crippen molar-refractivity contribution in [3.05, 3.63) is 0 Å². The van der Waals surface area contributed by atoms with Crippen molar-refractivity contribution in [2.45, 2.75) is 32.6 Å². The standard InChI is InChI=1S/C10H14F2O3/c1-3-15-9(14)10(11,12)7-4-5-8(13)6(7)2/h6-7H,3-5H2,1-2H3/t6-,7-/m1/s1. The maximum atomic E-state index is 13.5. The van der Waals surface area contributed by atoms with E-state index in [0.29, 0.717) is 0 Å². The maximum Gasteiger partial charge on any atom is 0.377 e. The van der Waals surface area contributed by atoms with Crippen molar-refractivity contribution in [3.8, 4) is 0 Å². The Morgan fingerprint density at radius 3 is 2.60 bits per heavy atom. The Morgan fingerprint density at radius 1 is 1.60 bits per heavy atom. The van der Waals surface area contributed by atoms with Gasteiger partial charge in [-0.15, -0.1) is 0 Å². The van der Waals surface area contributed by atoms with Gasteiger partial charge >= 0.3 is 11.9 Å². The van der Waals surface area contributed by atoms with Crippen LogP contribution in [0.4, 0.5) is 8.78 Å². The van der Waals surface area contributed by atoms with Crippen LogP contribution in [0.1, 0.15) is 26.7 Å². The molecule has 2 atom stereocenters. The Hall–Kier alpha value is -1.00. The number of alkyl halides is 2. The van der Waals surface area contributed by atoms with E-state index in [1.807, 2.05) is 0 Å². The fourth-order valence-electron chi connectivity index (χ4n) is 1.87. The molecule has 0 aliphatic heterocycles. The minimum Gasteiger partial charge on any atom is -0.462 e. The third-order valence-electron chi connectivity index (χ3n) is 2.83.